The molecule has 2 aliphatic heterocycles. The van der Waals surface area contributed by atoms with Crippen LogP contribution in [-0.4, -0.2) is 74.8 Å². The fourth-order valence-corrected chi connectivity index (χ4v) is 6.85. The summed E-state index contributed by atoms with van der Waals surface area (Å²) in [6.45, 7) is 8.76. The maximum Gasteiger partial charge on any atom is 0.409 e. The van der Waals surface area contributed by atoms with E-state index in [1.54, 1.807) is 29.0 Å². The van der Waals surface area contributed by atoms with Gasteiger partial charge in [0.2, 0.25) is 0 Å². The molecule has 0 aromatic carbocycles. The molecule has 11 heteroatoms. The Bertz CT molecular complexity index is 1380. The first-order valence-electron chi connectivity index (χ1n) is 15.8. The number of carbonyl (C=O) groups is 2. The summed E-state index contributed by atoms with van der Waals surface area (Å²) >= 11 is 6.84. The first kappa shape index (κ1) is 33.0. The van der Waals surface area contributed by atoms with Crippen LogP contribution in [0.25, 0.3) is 11.7 Å². The number of fused-ring (bicyclic) bond motifs is 1. The van der Waals surface area contributed by atoms with Gasteiger partial charge in [0.1, 0.15) is 15.8 Å². The molecule has 0 aliphatic carbocycles. The highest BCUT2D eigenvalue weighted by Gasteiger charge is 2.33. The summed E-state index contributed by atoms with van der Waals surface area (Å²) in [5.74, 6) is 0.362. The van der Waals surface area contributed by atoms with Crippen LogP contribution < -0.4 is 10.5 Å². The average Bonchev–Trinajstić information content (AvgIpc) is 3.27. The Kier molecular flexibility index (Phi) is 12.5. The quantitative estimate of drug-likeness (QED) is 0.135. The number of nitrogens with zero attached hydrogens (tertiary/aromatic N) is 5. The van der Waals surface area contributed by atoms with Crippen LogP contribution in [0.15, 0.2) is 28.0 Å². The van der Waals surface area contributed by atoms with Crippen LogP contribution in [0.1, 0.15) is 89.2 Å². The summed E-state index contributed by atoms with van der Waals surface area (Å²) in [6, 6.07) is 3.74. The number of pyridine rings is 1. The second kappa shape index (κ2) is 16.2. The summed E-state index contributed by atoms with van der Waals surface area (Å²) in [5, 5.41) is 0. The number of carbonyl (C=O) groups excluding carboxylic acids is 2. The van der Waals surface area contributed by atoms with Crippen molar-refractivity contribution in [1.82, 2.24) is 19.2 Å². The van der Waals surface area contributed by atoms with Crippen molar-refractivity contribution in [2.24, 2.45) is 0 Å². The first-order chi connectivity index (χ1) is 20.8. The largest absolute Gasteiger partial charge is 0.450 e. The Hall–Kier alpha value is -2.92. The van der Waals surface area contributed by atoms with Crippen LogP contribution in [0.2, 0.25) is 0 Å². The number of hydrogen-bond donors (Lipinski definition) is 0. The van der Waals surface area contributed by atoms with Crippen LogP contribution in [0.5, 0.6) is 0 Å². The maximum atomic E-state index is 13.8. The van der Waals surface area contributed by atoms with Crippen LogP contribution in [0, 0.1) is 6.92 Å². The molecule has 4 heterocycles. The minimum atomic E-state index is -0.337. The second-order valence-electron chi connectivity index (χ2n) is 11.2. The van der Waals surface area contributed by atoms with E-state index in [9.17, 15) is 14.4 Å². The highest BCUT2D eigenvalue weighted by atomic mass is 32.2. The third kappa shape index (κ3) is 8.38. The molecule has 0 unspecified atom stereocenters. The van der Waals surface area contributed by atoms with Crippen molar-refractivity contribution < 1.29 is 14.3 Å². The molecule has 2 fully saturated rings. The van der Waals surface area contributed by atoms with Crippen molar-refractivity contribution in [1.29, 1.82) is 0 Å². The zero-order valence-corrected chi connectivity index (χ0v) is 27.4. The summed E-state index contributed by atoms with van der Waals surface area (Å²) < 4.78 is 7.22. The van der Waals surface area contributed by atoms with Crippen LogP contribution >= 0.6 is 24.0 Å². The SMILES string of the molecule is CCCCCCCCCCCCN1C(=O)C(=Cc2c(N3CCN(C(=O)OCC)CC3)nc3c(C)cccn3c2=O)SC1=S. The van der Waals surface area contributed by atoms with Crippen molar-refractivity contribution in [3.05, 3.63) is 44.7 Å². The highest BCUT2D eigenvalue weighted by molar-refractivity contribution is 8.26. The number of unbranched alkanes of at least 4 members (excludes halogenated alkanes) is 9. The minimum Gasteiger partial charge on any atom is -0.450 e. The van der Waals surface area contributed by atoms with E-state index < -0.39 is 0 Å². The topological polar surface area (TPSA) is 87.5 Å². The Balaban J connectivity index is 1.46. The number of hydrogen-bond acceptors (Lipinski definition) is 8. The zero-order chi connectivity index (χ0) is 30.8. The van der Waals surface area contributed by atoms with E-state index in [0.29, 0.717) is 65.6 Å². The van der Waals surface area contributed by atoms with Gasteiger partial charge in [-0.1, -0.05) is 94.8 Å². The number of thioether (sulfide) groups is 1. The Morgan fingerprint density at radius 1 is 1.00 bits per heavy atom. The maximum absolute atomic E-state index is 13.8. The molecule has 4 rings (SSSR count). The lowest BCUT2D eigenvalue weighted by atomic mass is 10.1. The molecule has 0 saturated carbocycles. The number of aromatic nitrogens is 2. The molecule has 0 radical (unpaired) electrons. The number of aryl methyl sites for hydroxylation is 1. The van der Waals surface area contributed by atoms with Gasteiger partial charge in [-0.15, -0.1) is 0 Å². The van der Waals surface area contributed by atoms with E-state index in [1.165, 1.54) is 67.5 Å². The van der Waals surface area contributed by atoms with Gasteiger partial charge in [-0.3, -0.25) is 18.9 Å². The lowest BCUT2D eigenvalue weighted by Crippen LogP contribution is -2.49. The number of rotatable bonds is 14. The van der Waals surface area contributed by atoms with E-state index in [2.05, 4.69) is 6.92 Å². The monoisotopic (exact) mass is 627 g/mol. The molecule has 0 bridgehead atoms. The van der Waals surface area contributed by atoms with Gasteiger partial charge in [0.15, 0.2) is 0 Å². The predicted octanol–water partition coefficient (Wildman–Crippen LogP) is 6.40. The number of piperazine rings is 1. The molecular formula is C32H45N5O4S2. The van der Waals surface area contributed by atoms with E-state index in [-0.39, 0.29) is 17.6 Å². The molecule has 234 valence electrons. The molecule has 0 spiro atoms. The third-order valence-electron chi connectivity index (χ3n) is 8.05. The summed E-state index contributed by atoms with van der Waals surface area (Å²) in [5.41, 5.74) is 1.56. The second-order valence-corrected chi connectivity index (χ2v) is 12.9. The van der Waals surface area contributed by atoms with Gasteiger partial charge in [-0.05, 0) is 38.0 Å². The van der Waals surface area contributed by atoms with E-state index in [1.807, 2.05) is 24.0 Å². The Morgan fingerprint density at radius 3 is 2.30 bits per heavy atom. The summed E-state index contributed by atoms with van der Waals surface area (Å²) in [7, 11) is 0. The molecule has 0 N–H and O–H groups in total. The van der Waals surface area contributed by atoms with Crippen molar-refractivity contribution in [2.75, 3.05) is 44.2 Å². The van der Waals surface area contributed by atoms with Crippen molar-refractivity contribution in [2.45, 2.75) is 85.0 Å². The van der Waals surface area contributed by atoms with Gasteiger partial charge >= 0.3 is 6.09 Å². The smallest absolute Gasteiger partial charge is 0.409 e. The minimum absolute atomic E-state index is 0.155. The highest BCUT2D eigenvalue weighted by Crippen LogP contribution is 2.34. The summed E-state index contributed by atoms with van der Waals surface area (Å²) in [6.07, 6.45) is 15.3. The average molecular weight is 628 g/mol. The first-order valence-corrected chi connectivity index (χ1v) is 17.0. The molecule has 43 heavy (non-hydrogen) atoms. The fraction of sp³-hybridized carbons (Fsp3) is 0.594. The third-order valence-corrected chi connectivity index (χ3v) is 9.43. The van der Waals surface area contributed by atoms with Gasteiger partial charge in [0, 0.05) is 38.9 Å². The van der Waals surface area contributed by atoms with E-state index in [0.717, 1.165) is 18.4 Å². The normalized spacial score (nSPS) is 16.6. The number of anilines is 1. The van der Waals surface area contributed by atoms with Gasteiger partial charge in [-0.25, -0.2) is 9.78 Å². The molecule has 2 aromatic rings. The molecule has 2 amide bonds. The Labute approximate surface area is 264 Å². The molecule has 2 aromatic heterocycles. The van der Waals surface area contributed by atoms with Gasteiger partial charge < -0.3 is 14.5 Å². The molecule has 0 atom stereocenters. The van der Waals surface area contributed by atoms with Crippen LogP contribution in [0.4, 0.5) is 10.6 Å². The molecule has 2 saturated heterocycles. The lowest BCUT2D eigenvalue weighted by Gasteiger charge is -2.35. The Morgan fingerprint density at radius 2 is 1.65 bits per heavy atom. The molecular weight excluding hydrogens is 583 g/mol. The van der Waals surface area contributed by atoms with Gasteiger partial charge in [0.05, 0.1) is 17.1 Å². The fourth-order valence-electron chi connectivity index (χ4n) is 5.56. The standard InChI is InChI=1S/C32H45N5O4S2/c1-4-6-7-8-9-10-11-12-13-14-17-37-30(39)26(43-32(37)42)23-25-28(33-27-24(3)16-15-18-36(27)29(25)38)34-19-21-35(22-20-34)31(40)41-5-2/h15-16,18,23H,4-14,17,19-22H2,1-3H3. The molecule has 2 aliphatic rings. The van der Waals surface area contributed by atoms with Gasteiger partial charge in [-0.2, -0.15) is 0 Å². The van der Waals surface area contributed by atoms with Crippen LogP contribution in [0.3, 0.4) is 0 Å². The van der Waals surface area contributed by atoms with Crippen molar-refractivity contribution >= 4 is 57.8 Å². The number of amides is 2. The van der Waals surface area contributed by atoms with Gasteiger partial charge in [0.25, 0.3) is 11.5 Å². The number of thiocarbonyl (C=S) groups is 1. The van der Waals surface area contributed by atoms with E-state index in [4.69, 9.17) is 21.9 Å². The predicted molar refractivity (Wildman–Crippen MR) is 179 cm³/mol. The van der Waals surface area contributed by atoms with Crippen molar-refractivity contribution in [3.63, 3.8) is 0 Å². The lowest BCUT2D eigenvalue weighted by molar-refractivity contribution is -0.122. The van der Waals surface area contributed by atoms with E-state index >= 15 is 0 Å². The van der Waals surface area contributed by atoms with Crippen molar-refractivity contribution in [3.8, 4) is 0 Å². The molecule has 9 nitrogen and oxygen atoms in total. The zero-order valence-electron chi connectivity index (χ0n) is 25.8. The summed E-state index contributed by atoms with van der Waals surface area (Å²) in [4.78, 5) is 50.2. The number of ether oxygens (including phenoxy) is 1. The van der Waals surface area contributed by atoms with Crippen LogP contribution in [-0.2, 0) is 9.53 Å².